The first-order chi connectivity index (χ1) is 9.66. The topological polar surface area (TPSA) is 58.2 Å². The van der Waals surface area contributed by atoms with Gasteiger partial charge in [0.05, 0.1) is 0 Å². The summed E-state index contributed by atoms with van der Waals surface area (Å²) in [5.74, 6) is -1.15. The Kier molecular flexibility index (Phi) is 5.41. The lowest BCUT2D eigenvalue weighted by molar-refractivity contribution is -0.139. The van der Waals surface area contributed by atoms with Gasteiger partial charge in [-0.3, -0.25) is 9.59 Å². The van der Waals surface area contributed by atoms with E-state index in [1.165, 1.54) is 6.42 Å². The highest BCUT2D eigenvalue weighted by Crippen LogP contribution is 2.17. The van der Waals surface area contributed by atoms with Crippen LogP contribution in [0, 0.1) is 0 Å². The van der Waals surface area contributed by atoms with Crippen LogP contribution in [-0.2, 0) is 16.1 Å². The lowest BCUT2D eigenvalue weighted by Gasteiger charge is -2.22. The summed E-state index contributed by atoms with van der Waals surface area (Å²) in [7, 11) is 0. The number of amides is 2. The molecular formula is C15H19ClN2O2. The third-order valence-corrected chi connectivity index (χ3v) is 3.91. The van der Waals surface area contributed by atoms with Crippen LogP contribution in [0.15, 0.2) is 24.3 Å². The molecule has 0 heterocycles. The largest absolute Gasteiger partial charge is 0.345 e. The van der Waals surface area contributed by atoms with Crippen molar-refractivity contribution in [2.75, 3.05) is 0 Å². The quantitative estimate of drug-likeness (QED) is 0.841. The molecule has 4 nitrogen and oxygen atoms in total. The van der Waals surface area contributed by atoms with Gasteiger partial charge in [-0.2, -0.15) is 0 Å². The summed E-state index contributed by atoms with van der Waals surface area (Å²) >= 11 is 5.99. The number of nitrogens with one attached hydrogen (secondary N) is 2. The number of hydrogen-bond donors (Lipinski definition) is 2. The van der Waals surface area contributed by atoms with Crippen LogP contribution < -0.4 is 10.6 Å². The van der Waals surface area contributed by atoms with Gasteiger partial charge in [-0.25, -0.2) is 0 Å². The maximum atomic E-state index is 11.8. The molecule has 20 heavy (non-hydrogen) atoms. The molecule has 2 N–H and O–H groups in total. The van der Waals surface area contributed by atoms with Crippen LogP contribution in [0.3, 0.4) is 0 Å². The molecule has 0 atom stereocenters. The minimum Gasteiger partial charge on any atom is -0.345 e. The third kappa shape index (κ3) is 4.23. The van der Waals surface area contributed by atoms with E-state index in [0.717, 1.165) is 31.2 Å². The molecule has 5 heteroatoms. The molecule has 1 aromatic carbocycles. The fourth-order valence-electron chi connectivity index (χ4n) is 2.40. The Morgan fingerprint density at radius 2 is 1.80 bits per heavy atom. The zero-order valence-electron chi connectivity index (χ0n) is 11.3. The first-order valence-corrected chi connectivity index (χ1v) is 7.36. The Morgan fingerprint density at radius 3 is 2.50 bits per heavy atom. The highest BCUT2D eigenvalue weighted by Gasteiger charge is 2.20. The summed E-state index contributed by atoms with van der Waals surface area (Å²) in [6.45, 7) is 0.261. The monoisotopic (exact) mass is 294 g/mol. The SMILES string of the molecule is O=C(NCc1ccccc1Cl)C(=O)NC1CCCCC1. The van der Waals surface area contributed by atoms with Crippen LogP contribution >= 0.6 is 11.6 Å². The summed E-state index contributed by atoms with van der Waals surface area (Å²) in [5, 5.41) is 5.96. The molecule has 2 amide bonds. The van der Waals surface area contributed by atoms with Crippen LogP contribution in [0.2, 0.25) is 5.02 Å². The normalized spacial score (nSPS) is 15.7. The number of carbonyl (C=O) groups is 2. The molecule has 1 aliphatic carbocycles. The average Bonchev–Trinajstić information content (AvgIpc) is 2.47. The predicted molar refractivity (Wildman–Crippen MR) is 78.3 cm³/mol. The van der Waals surface area contributed by atoms with Crippen molar-refractivity contribution in [2.45, 2.75) is 44.7 Å². The van der Waals surface area contributed by atoms with Crippen molar-refractivity contribution in [3.8, 4) is 0 Å². The van der Waals surface area contributed by atoms with Gasteiger partial charge in [0.2, 0.25) is 0 Å². The highest BCUT2D eigenvalue weighted by molar-refractivity contribution is 6.35. The van der Waals surface area contributed by atoms with Crippen molar-refractivity contribution < 1.29 is 9.59 Å². The van der Waals surface area contributed by atoms with E-state index >= 15 is 0 Å². The predicted octanol–water partition coefficient (Wildman–Crippen LogP) is 2.41. The third-order valence-electron chi connectivity index (χ3n) is 3.54. The molecule has 1 aromatic rings. The average molecular weight is 295 g/mol. The smallest absolute Gasteiger partial charge is 0.309 e. The van der Waals surface area contributed by atoms with Crippen LogP contribution in [0.25, 0.3) is 0 Å². The second kappa shape index (κ2) is 7.29. The van der Waals surface area contributed by atoms with E-state index in [0.29, 0.717) is 5.02 Å². The maximum Gasteiger partial charge on any atom is 0.309 e. The molecule has 0 saturated heterocycles. The summed E-state index contributed by atoms with van der Waals surface area (Å²) < 4.78 is 0. The molecule has 2 rings (SSSR count). The highest BCUT2D eigenvalue weighted by atomic mass is 35.5. The maximum absolute atomic E-state index is 11.8. The van der Waals surface area contributed by atoms with Gasteiger partial charge in [0, 0.05) is 17.6 Å². The van der Waals surface area contributed by atoms with Gasteiger partial charge < -0.3 is 10.6 Å². The van der Waals surface area contributed by atoms with E-state index in [4.69, 9.17) is 11.6 Å². The van der Waals surface area contributed by atoms with Crippen LogP contribution in [0.1, 0.15) is 37.7 Å². The van der Waals surface area contributed by atoms with Crippen LogP contribution in [0.5, 0.6) is 0 Å². The molecule has 108 valence electrons. The van der Waals surface area contributed by atoms with Gasteiger partial charge in [0.15, 0.2) is 0 Å². The molecule has 0 aromatic heterocycles. The standard InChI is InChI=1S/C15H19ClN2O2/c16-13-9-5-4-6-11(13)10-17-14(19)15(20)18-12-7-2-1-3-8-12/h4-6,9,12H,1-3,7-8,10H2,(H,17,19)(H,18,20). The van der Waals surface area contributed by atoms with E-state index < -0.39 is 11.8 Å². The summed E-state index contributed by atoms with van der Waals surface area (Å²) in [4.78, 5) is 23.5. The van der Waals surface area contributed by atoms with Crippen molar-refractivity contribution >= 4 is 23.4 Å². The van der Waals surface area contributed by atoms with Crippen molar-refractivity contribution in [3.63, 3.8) is 0 Å². The molecule has 1 fully saturated rings. The van der Waals surface area contributed by atoms with E-state index in [1.807, 2.05) is 18.2 Å². The van der Waals surface area contributed by atoms with E-state index in [2.05, 4.69) is 10.6 Å². The molecule has 1 aliphatic rings. The molecular weight excluding hydrogens is 276 g/mol. The van der Waals surface area contributed by atoms with Gasteiger partial charge in [-0.05, 0) is 24.5 Å². The number of rotatable bonds is 3. The number of halogens is 1. The second-order valence-electron chi connectivity index (χ2n) is 5.08. The molecule has 0 unspecified atom stereocenters. The molecule has 0 radical (unpaired) electrons. The zero-order valence-corrected chi connectivity index (χ0v) is 12.1. The zero-order chi connectivity index (χ0) is 14.4. The Hall–Kier alpha value is -1.55. The summed E-state index contributed by atoms with van der Waals surface area (Å²) in [5.41, 5.74) is 0.799. The van der Waals surface area contributed by atoms with Crippen molar-refractivity contribution in [2.24, 2.45) is 0 Å². The van der Waals surface area contributed by atoms with Gasteiger partial charge in [0.25, 0.3) is 0 Å². The minimum absolute atomic E-state index is 0.141. The summed E-state index contributed by atoms with van der Waals surface area (Å²) in [6, 6.07) is 7.38. The molecule has 0 bridgehead atoms. The van der Waals surface area contributed by atoms with Gasteiger partial charge in [-0.1, -0.05) is 49.1 Å². The lowest BCUT2D eigenvalue weighted by atomic mass is 9.95. The Bertz CT molecular complexity index is 485. The van der Waals surface area contributed by atoms with Crippen molar-refractivity contribution in [1.82, 2.24) is 10.6 Å². The van der Waals surface area contributed by atoms with Crippen LogP contribution in [-0.4, -0.2) is 17.9 Å². The van der Waals surface area contributed by atoms with Gasteiger partial charge >= 0.3 is 11.8 Å². The molecule has 1 saturated carbocycles. The number of benzene rings is 1. The first kappa shape index (κ1) is 14.9. The molecule has 0 spiro atoms. The second-order valence-corrected chi connectivity index (χ2v) is 5.49. The van der Waals surface area contributed by atoms with Crippen LogP contribution in [0.4, 0.5) is 0 Å². The van der Waals surface area contributed by atoms with Gasteiger partial charge in [-0.15, -0.1) is 0 Å². The Labute approximate surface area is 123 Å². The van der Waals surface area contributed by atoms with E-state index in [1.54, 1.807) is 6.07 Å². The first-order valence-electron chi connectivity index (χ1n) is 6.99. The molecule has 0 aliphatic heterocycles. The van der Waals surface area contributed by atoms with E-state index in [-0.39, 0.29) is 12.6 Å². The number of carbonyl (C=O) groups excluding carboxylic acids is 2. The lowest BCUT2D eigenvalue weighted by Crippen LogP contribution is -2.45. The Balaban J connectivity index is 1.79. The van der Waals surface area contributed by atoms with Gasteiger partial charge in [0.1, 0.15) is 0 Å². The number of hydrogen-bond acceptors (Lipinski definition) is 2. The fourth-order valence-corrected chi connectivity index (χ4v) is 2.60. The van der Waals surface area contributed by atoms with E-state index in [9.17, 15) is 9.59 Å². The fraction of sp³-hybridized carbons (Fsp3) is 0.467. The summed E-state index contributed by atoms with van der Waals surface area (Å²) in [6.07, 6.45) is 5.37. The van der Waals surface area contributed by atoms with Crippen molar-refractivity contribution in [1.29, 1.82) is 0 Å². The Morgan fingerprint density at radius 1 is 1.10 bits per heavy atom. The van der Waals surface area contributed by atoms with Crippen molar-refractivity contribution in [3.05, 3.63) is 34.9 Å². The minimum atomic E-state index is -0.601.